The van der Waals surface area contributed by atoms with Crippen molar-refractivity contribution in [3.05, 3.63) is 16.0 Å². The van der Waals surface area contributed by atoms with Crippen LogP contribution in [-0.2, 0) is 17.6 Å². The molecule has 1 aliphatic heterocycles. The second-order valence-corrected chi connectivity index (χ2v) is 6.82. The van der Waals surface area contributed by atoms with Gasteiger partial charge in [-0.2, -0.15) is 0 Å². The Morgan fingerprint density at radius 3 is 2.85 bits per heavy atom. The van der Waals surface area contributed by atoms with E-state index < -0.39 is 0 Å². The first-order chi connectivity index (χ1) is 9.24. The summed E-state index contributed by atoms with van der Waals surface area (Å²) in [7, 11) is 0. The number of hydrogen-bond donors (Lipinski definition) is 2. The number of rotatable bonds is 3. The van der Waals surface area contributed by atoms with Crippen LogP contribution in [0.1, 0.15) is 48.1 Å². The number of carbonyl (C=O) groups excluding carboxylic acids is 1. The monoisotopic (exact) mass is 314 g/mol. The highest BCUT2D eigenvalue weighted by Gasteiger charge is 2.21. The van der Waals surface area contributed by atoms with Crippen molar-refractivity contribution < 1.29 is 4.79 Å². The molecule has 1 aliphatic carbocycles. The second-order valence-electron chi connectivity index (χ2n) is 5.71. The largest absolute Gasteiger partial charge is 0.317 e. The zero-order valence-corrected chi connectivity index (χ0v) is 13.6. The van der Waals surface area contributed by atoms with Crippen LogP contribution in [0.5, 0.6) is 0 Å². The van der Waals surface area contributed by atoms with Gasteiger partial charge in [-0.1, -0.05) is 0 Å². The van der Waals surface area contributed by atoms with Crippen molar-refractivity contribution in [2.75, 3.05) is 11.9 Å². The summed E-state index contributed by atoms with van der Waals surface area (Å²) in [5.41, 5.74) is 2.82. The molecule has 2 N–H and O–H groups in total. The summed E-state index contributed by atoms with van der Waals surface area (Å²) in [5, 5.41) is 7.61. The molecule has 1 atom stereocenters. The Labute approximate surface area is 130 Å². The summed E-state index contributed by atoms with van der Waals surface area (Å²) in [6.07, 6.45) is 7.93. The number of carbonyl (C=O) groups is 1. The van der Waals surface area contributed by atoms with Gasteiger partial charge in [-0.15, -0.1) is 23.7 Å². The Balaban J connectivity index is 0.00000147. The molecule has 1 saturated heterocycles. The van der Waals surface area contributed by atoms with Gasteiger partial charge in [0.15, 0.2) is 0 Å². The van der Waals surface area contributed by atoms with Gasteiger partial charge in [0.2, 0.25) is 5.91 Å². The Hall–Kier alpha value is -0.580. The lowest BCUT2D eigenvalue weighted by Gasteiger charge is -2.11. The van der Waals surface area contributed by atoms with Crippen molar-refractivity contribution >= 4 is 34.7 Å². The standard InChI is InChI=1S/C15H22N2OS.ClH/c1-10-12-6-2-3-7-13(12)19-15(10)17-14(18)9-11-5-4-8-16-11;/h11,16H,2-9H2,1H3,(H,17,18);1H. The van der Waals surface area contributed by atoms with E-state index in [4.69, 9.17) is 0 Å². The van der Waals surface area contributed by atoms with Crippen LogP contribution in [-0.4, -0.2) is 18.5 Å². The summed E-state index contributed by atoms with van der Waals surface area (Å²) in [4.78, 5) is 13.6. The van der Waals surface area contributed by atoms with Gasteiger partial charge in [0.1, 0.15) is 0 Å². The van der Waals surface area contributed by atoms with Crippen LogP contribution in [0.2, 0.25) is 0 Å². The van der Waals surface area contributed by atoms with Crippen LogP contribution >= 0.6 is 23.7 Å². The van der Waals surface area contributed by atoms with E-state index in [0.29, 0.717) is 12.5 Å². The molecule has 0 bridgehead atoms. The van der Waals surface area contributed by atoms with Crippen molar-refractivity contribution in [1.29, 1.82) is 0 Å². The summed E-state index contributed by atoms with van der Waals surface area (Å²) in [5.74, 6) is 0.168. The molecule has 3 nitrogen and oxygen atoms in total. The Bertz CT molecular complexity index is 480. The minimum atomic E-state index is 0. The van der Waals surface area contributed by atoms with E-state index in [-0.39, 0.29) is 18.3 Å². The molecule has 1 fully saturated rings. The maximum atomic E-state index is 12.1. The van der Waals surface area contributed by atoms with Gasteiger partial charge >= 0.3 is 0 Å². The summed E-state index contributed by atoms with van der Waals surface area (Å²) < 4.78 is 0. The van der Waals surface area contributed by atoms with Gasteiger partial charge in [-0.25, -0.2) is 0 Å². The fraction of sp³-hybridized carbons (Fsp3) is 0.667. The first-order valence-corrected chi connectivity index (χ1v) is 8.20. The molecule has 5 heteroatoms. The first-order valence-electron chi connectivity index (χ1n) is 7.38. The number of halogens is 1. The fourth-order valence-corrected chi connectivity index (χ4v) is 4.49. The number of amides is 1. The number of hydrogen-bond acceptors (Lipinski definition) is 3. The van der Waals surface area contributed by atoms with E-state index in [1.807, 2.05) is 0 Å². The van der Waals surface area contributed by atoms with Crippen LogP contribution in [0.25, 0.3) is 0 Å². The smallest absolute Gasteiger partial charge is 0.226 e. The minimum Gasteiger partial charge on any atom is -0.317 e. The van der Waals surface area contributed by atoms with Gasteiger partial charge in [0.05, 0.1) is 5.00 Å². The third-order valence-corrected chi connectivity index (χ3v) is 5.59. The lowest BCUT2D eigenvalue weighted by molar-refractivity contribution is -0.116. The van der Waals surface area contributed by atoms with Crippen LogP contribution in [0.4, 0.5) is 5.00 Å². The molecule has 0 aromatic carbocycles. The highest BCUT2D eigenvalue weighted by molar-refractivity contribution is 7.16. The predicted octanol–water partition coefficient (Wildman–Crippen LogP) is 3.44. The second kappa shape index (κ2) is 6.92. The molecular weight excluding hydrogens is 292 g/mol. The first kappa shape index (κ1) is 15.8. The molecule has 2 heterocycles. The molecule has 1 amide bonds. The molecular formula is C15H23ClN2OS. The van der Waals surface area contributed by atoms with E-state index >= 15 is 0 Å². The van der Waals surface area contributed by atoms with Gasteiger partial charge in [0.25, 0.3) is 0 Å². The topological polar surface area (TPSA) is 41.1 Å². The highest BCUT2D eigenvalue weighted by Crippen LogP contribution is 2.37. The zero-order chi connectivity index (χ0) is 13.2. The van der Waals surface area contributed by atoms with E-state index in [0.717, 1.165) is 18.0 Å². The predicted molar refractivity (Wildman–Crippen MR) is 87.2 cm³/mol. The number of nitrogens with one attached hydrogen (secondary N) is 2. The van der Waals surface area contributed by atoms with Crippen LogP contribution < -0.4 is 10.6 Å². The SMILES string of the molecule is Cc1c(NC(=O)CC2CCCN2)sc2c1CCCC2.Cl. The van der Waals surface area contributed by atoms with Crippen molar-refractivity contribution in [2.45, 2.75) is 57.9 Å². The average molecular weight is 315 g/mol. The fourth-order valence-electron chi connectivity index (χ4n) is 3.18. The lowest BCUT2D eigenvalue weighted by atomic mass is 9.96. The molecule has 0 radical (unpaired) electrons. The van der Waals surface area contributed by atoms with E-state index in [1.54, 1.807) is 11.3 Å². The molecule has 1 unspecified atom stereocenters. The number of fused-ring (bicyclic) bond motifs is 1. The maximum absolute atomic E-state index is 12.1. The van der Waals surface area contributed by atoms with E-state index in [1.165, 1.54) is 48.1 Å². The third-order valence-electron chi connectivity index (χ3n) is 4.28. The average Bonchev–Trinajstić information content (AvgIpc) is 3.00. The molecule has 1 aromatic heterocycles. The molecule has 112 valence electrons. The van der Waals surface area contributed by atoms with Crippen LogP contribution in [0.3, 0.4) is 0 Å². The summed E-state index contributed by atoms with van der Waals surface area (Å²) in [6.45, 7) is 3.22. The van der Waals surface area contributed by atoms with Gasteiger partial charge in [-0.3, -0.25) is 4.79 Å². The number of anilines is 1. The normalized spacial score (nSPS) is 21.1. The molecule has 20 heavy (non-hydrogen) atoms. The Morgan fingerprint density at radius 1 is 1.35 bits per heavy atom. The van der Waals surface area contributed by atoms with E-state index in [2.05, 4.69) is 17.6 Å². The van der Waals surface area contributed by atoms with E-state index in [9.17, 15) is 4.79 Å². The maximum Gasteiger partial charge on any atom is 0.226 e. The number of thiophene rings is 1. The summed E-state index contributed by atoms with van der Waals surface area (Å²) >= 11 is 1.80. The van der Waals surface area contributed by atoms with Gasteiger partial charge in [0, 0.05) is 17.3 Å². The van der Waals surface area contributed by atoms with Gasteiger partial charge in [-0.05, 0) is 63.1 Å². The van der Waals surface area contributed by atoms with Crippen molar-refractivity contribution in [3.8, 4) is 0 Å². The molecule has 1 aromatic rings. The minimum absolute atomic E-state index is 0. The van der Waals surface area contributed by atoms with Crippen molar-refractivity contribution in [2.24, 2.45) is 0 Å². The Kier molecular flexibility index (Phi) is 5.47. The van der Waals surface area contributed by atoms with Gasteiger partial charge < -0.3 is 10.6 Å². The highest BCUT2D eigenvalue weighted by atomic mass is 35.5. The third kappa shape index (κ3) is 3.35. The quantitative estimate of drug-likeness (QED) is 0.897. The molecule has 0 spiro atoms. The zero-order valence-electron chi connectivity index (χ0n) is 12.0. The number of aryl methyl sites for hydroxylation is 1. The molecule has 2 aliphatic rings. The van der Waals surface area contributed by atoms with Crippen molar-refractivity contribution in [3.63, 3.8) is 0 Å². The molecule has 3 rings (SSSR count). The summed E-state index contributed by atoms with van der Waals surface area (Å²) in [6, 6.07) is 0.384. The van der Waals surface area contributed by atoms with Crippen LogP contribution in [0, 0.1) is 6.92 Å². The molecule has 0 saturated carbocycles. The lowest BCUT2D eigenvalue weighted by Crippen LogP contribution is -2.27. The Morgan fingerprint density at radius 2 is 2.15 bits per heavy atom. The van der Waals surface area contributed by atoms with Crippen molar-refractivity contribution in [1.82, 2.24) is 5.32 Å². The van der Waals surface area contributed by atoms with Crippen LogP contribution in [0.15, 0.2) is 0 Å².